The molecule has 1 aliphatic heterocycles. The normalized spacial score (nSPS) is 14.2. The summed E-state index contributed by atoms with van der Waals surface area (Å²) >= 11 is 0. The van der Waals surface area contributed by atoms with E-state index in [4.69, 9.17) is 43.0 Å². The van der Waals surface area contributed by atoms with Crippen LogP contribution in [0.1, 0.15) is 38.8 Å². The van der Waals surface area contributed by atoms with Gasteiger partial charge in [0.1, 0.15) is 24.7 Å². The first-order valence-electron chi connectivity index (χ1n) is 24.8. The summed E-state index contributed by atoms with van der Waals surface area (Å²) in [6.45, 7) is 19.1. The summed E-state index contributed by atoms with van der Waals surface area (Å²) in [5.41, 5.74) is 9.27. The number of fused-ring (bicyclic) bond motifs is 2. The molecule has 1 heterocycles. The Balaban J connectivity index is 0.886. The van der Waals surface area contributed by atoms with E-state index < -0.39 is 0 Å². The fourth-order valence-electron chi connectivity index (χ4n) is 8.09. The molecule has 0 unspecified atom stereocenters. The lowest BCUT2D eigenvalue weighted by Crippen LogP contribution is -2.73. The van der Waals surface area contributed by atoms with Crippen molar-refractivity contribution in [2.24, 2.45) is 4.99 Å². The van der Waals surface area contributed by atoms with E-state index in [1.54, 1.807) is 0 Å². The van der Waals surface area contributed by atoms with E-state index in [9.17, 15) is 5.11 Å². The van der Waals surface area contributed by atoms with E-state index in [0.29, 0.717) is 97.6 Å². The van der Waals surface area contributed by atoms with Crippen molar-refractivity contribution in [2.75, 3.05) is 142 Å². The third-order valence-electron chi connectivity index (χ3n) is 11.8. The molecule has 0 radical (unpaired) electrons. The van der Waals surface area contributed by atoms with Gasteiger partial charge in [-0.3, -0.25) is 4.99 Å². The standard InChI is InChI=1S/C56H72N4O10/c1-5-59(6-2)47-21-23-51-53(41-47)70-54-42-48(60(7-3)8-4)22-24-52(54)55(51)49-11-9-10-12-50(49)56(62)69-40-39-68-38-37-67-35-32-64-29-26-58-46-19-15-44(16-20-46)43-13-17-45(18-14-43)57-25-28-63-31-34-66-36-33-65-30-27-61/h9-24,41-42,61-62H,5-8,25-40H2,1-4H3/p+1. The van der Waals surface area contributed by atoms with Crippen molar-refractivity contribution in [3.63, 3.8) is 0 Å². The van der Waals surface area contributed by atoms with E-state index in [0.717, 1.165) is 93.5 Å². The second kappa shape index (κ2) is 30.0. The molecular formula is C56H73N4O10+. The Morgan fingerprint density at radius 2 is 1.04 bits per heavy atom. The number of aliphatic hydroxyl groups excluding tert-OH is 2. The highest BCUT2D eigenvalue weighted by Crippen LogP contribution is 2.45. The lowest BCUT2D eigenvalue weighted by Gasteiger charge is -2.28. The maximum atomic E-state index is 11.4. The largest absolute Gasteiger partial charge is 0.481 e. The van der Waals surface area contributed by atoms with E-state index in [1.807, 2.05) is 36.4 Å². The summed E-state index contributed by atoms with van der Waals surface area (Å²) < 4.78 is 45.9. The number of rotatable bonds is 30. The quantitative estimate of drug-likeness (QED) is 0.0607. The van der Waals surface area contributed by atoms with Crippen molar-refractivity contribution < 1.29 is 53.1 Å². The molecule has 6 rings (SSSR count). The lowest BCUT2D eigenvalue weighted by molar-refractivity contribution is -0.459. The average Bonchev–Trinajstić information content (AvgIpc) is 3.39. The molecule has 0 bridgehead atoms. The second-order valence-electron chi connectivity index (χ2n) is 16.2. The van der Waals surface area contributed by atoms with Crippen molar-refractivity contribution in [2.45, 2.75) is 27.7 Å². The van der Waals surface area contributed by atoms with Crippen molar-refractivity contribution in [3.05, 3.63) is 142 Å². The number of benzene rings is 3. The van der Waals surface area contributed by atoms with Gasteiger partial charge in [0.05, 0.1) is 96.8 Å². The number of nitrogens with one attached hydrogen (secondary N) is 1. The molecule has 2 aliphatic carbocycles. The van der Waals surface area contributed by atoms with Crippen LogP contribution in [0.4, 0.5) is 11.4 Å². The maximum absolute atomic E-state index is 11.4. The molecule has 0 aromatic heterocycles. The summed E-state index contributed by atoms with van der Waals surface area (Å²) in [6, 6.07) is 20.6. The van der Waals surface area contributed by atoms with Gasteiger partial charge in [0.15, 0.2) is 12.3 Å². The highest BCUT2D eigenvalue weighted by atomic mass is 16.6. The number of allylic oxidation sites excluding steroid dienone is 10. The third kappa shape index (κ3) is 16.1. The van der Waals surface area contributed by atoms with Gasteiger partial charge in [-0.1, -0.05) is 30.4 Å². The van der Waals surface area contributed by atoms with Gasteiger partial charge in [0, 0.05) is 78.5 Å². The Kier molecular flexibility index (Phi) is 22.9. The predicted molar refractivity (Wildman–Crippen MR) is 278 cm³/mol. The van der Waals surface area contributed by atoms with E-state index in [-0.39, 0.29) is 19.2 Å². The summed E-state index contributed by atoms with van der Waals surface area (Å²) in [5.74, 6) is 1.40. The molecule has 3 aromatic rings. The Labute approximate surface area is 413 Å². The second-order valence-corrected chi connectivity index (χ2v) is 16.2. The van der Waals surface area contributed by atoms with Crippen LogP contribution >= 0.6 is 0 Å². The fraction of sp³-hybridized carbons (Fsp3) is 0.429. The van der Waals surface area contributed by atoms with Crippen LogP contribution in [0.2, 0.25) is 0 Å². The molecule has 376 valence electrons. The summed E-state index contributed by atoms with van der Waals surface area (Å²) in [6.07, 6.45) is 16.5. The first-order chi connectivity index (χ1) is 34.5. The zero-order valence-corrected chi connectivity index (χ0v) is 41.5. The Bertz CT molecular complexity index is 2370. The SMILES string of the molecule is CCN(CC)c1ccc2c(c1)Oc1cc(N(CC)CC)ccc1C2=c1ccccc1=C(O)OCCOCCOCCOCC[NH+]=C1C=CC(=C2C=CC(=NCCOCCOCCOCCO)C=C2)C=C1. The van der Waals surface area contributed by atoms with Crippen LogP contribution in [-0.2, 0) is 33.2 Å². The lowest BCUT2D eigenvalue weighted by atomic mass is 9.90. The minimum Gasteiger partial charge on any atom is -0.481 e. The molecule has 3 aliphatic rings. The molecule has 0 amide bonds. The molecule has 14 nitrogen and oxygen atoms in total. The monoisotopic (exact) mass is 962 g/mol. The molecule has 70 heavy (non-hydrogen) atoms. The molecule has 3 N–H and O–H groups in total. The first-order valence-corrected chi connectivity index (χ1v) is 24.8. The molecule has 0 saturated carbocycles. The van der Waals surface area contributed by atoms with Crippen molar-refractivity contribution >= 4 is 34.3 Å². The molecule has 0 atom stereocenters. The van der Waals surface area contributed by atoms with E-state index in [2.05, 4.69) is 120 Å². The number of hydrogen-bond donors (Lipinski definition) is 3. The van der Waals surface area contributed by atoms with Gasteiger partial charge in [0.2, 0.25) is 0 Å². The number of aliphatic imine (C=N–C) groups is 1. The smallest absolute Gasteiger partial charge is 0.284 e. The predicted octanol–water partition coefficient (Wildman–Crippen LogP) is 4.98. The van der Waals surface area contributed by atoms with E-state index >= 15 is 0 Å². The number of anilines is 2. The van der Waals surface area contributed by atoms with Gasteiger partial charge in [-0.2, -0.15) is 0 Å². The summed E-state index contributed by atoms with van der Waals surface area (Å²) in [4.78, 5) is 12.6. The molecule has 3 aromatic carbocycles. The van der Waals surface area contributed by atoms with Gasteiger partial charge < -0.3 is 57.9 Å². The van der Waals surface area contributed by atoms with Crippen molar-refractivity contribution in [1.82, 2.24) is 0 Å². The van der Waals surface area contributed by atoms with Gasteiger partial charge in [-0.25, -0.2) is 4.99 Å². The van der Waals surface area contributed by atoms with Crippen LogP contribution in [0.3, 0.4) is 0 Å². The zero-order chi connectivity index (χ0) is 49.2. The molecule has 0 saturated heterocycles. The van der Waals surface area contributed by atoms with Crippen molar-refractivity contribution in [1.29, 1.82) is 0 Å². The number of ether oxygens (including phenoxy) is 8. The van der Waals surface area contributed by atoms with Gasteiger partial charge in [-0.05, 0) is 98.7 Å². The van der Waals surface area contributed by atoms with Crippen LogP contribution in [0, 0.1) is 0 Å². The zero-order valence-electron chi connectivity index (χ0n) is 41.5. The third-order valence-corrected chi connectivity index (χ3v) is 11.8. The van der Waals surface area contributed by atoms with E-state index in [1.165, 1.54) is 0 Å². The van der Waals surface area contributed by atoms with Crippen LogP contribution in [0.15, 0.2) is 125 Å². The number of hydrogen-bond acceptors (Lipinski definition) is 13. The Morgan fingerprint density at radius 3 is 1.59 bits per heavy atom. The molecule has 14 heteroatoms. The van der Waals surface area contributed by atoms with Gasteiger partial charge >= 0.3 is 0 Å². The molecular weight excluding hydrogens is 889 g/mol. The summed E-state index contributed by atoms with van der Waals surface area (Å²) in [7, 11) is 0. The summed E-state index contributed by atoms with van der Waals surface area (Å²) in [5, 5.41) is 21.5. The average molecular weight is 962 g/mol. The minimum atomic E-state index is -0.160. The van der Waals surface area contributed by atoms with Crippen LogP contribution in [0.5, 0.6) is 11.5 Å². The van der Waals surface area contributed by atoms with Crippen LogP contribution in [-0.4, -0.2) is 153 Å². The maximum Gasteiger partial charge on any atom is 0.284 e. The molecule has 0 spiro atoms. The highest BCUT2D eigenvalue weighted by Gasteiger charge is 2.25. The Morgan fingerprint density at radius 1 is 0.557 bits per heavy atom. The van der Waals surface area contributed by atoms with Gasteiger partial charge in [0.25, 0.3) is 5.95 Å². The first kappa shape index (κ1) is 53.5. The topological polar surface area (TPSA) is 147 Å². The Hall–Kier alpha value is -5.84. The number of nitrogens with zero attached hydrogens (tertiary/aromatic N) is 3. The highest BCUT2D eigenvalue weighted by molar-refractivity contribution is 6.06. The van der Waals surface area contributed by atoms with Crippen LogP contribution < -0.4 is 30.0 Å². The van der Waals surface area contributed by atoms with Gasteiger partial charge in [-0.15, -0.1) is 0 Å². The van der Waals surface area contributed by atoms with Crippen molar-refractivity contribution in [3.8, 4) is 11.5 Å². The molecule has 0 fully saturated rings. The van der Waals surface area contributed by atoms with Crippen LogP contribution in [0.25, 0.3) is 11.5 Å². The number of aliphatic hydroxyl groups is 2. The fourth-order valence-corrected chi connectivity index (χ4v) is 8.09. The minimum absolute atomic E-state index is 0.0205.